The van der Waals surface area contributed by atoms with E-state index in [1.165, 1.54) is 0 Å². The Balaban J connectivity index is 2.16. The predicted molar refractivity (Wildman–Crippen MR) is 61.6 cm³/mol. The molecule has 0 N–H and O–H groups in total. The maximum absolute atomic E-state index is 11.6. The molecule has 16 heavy (non-hydrogen) atoms. The molecular weight excluding hydrogens is 224 g/mol. The van der Waals surface area contributed by atoms with Crippen molar-refractivity contribution in [2.24, 2.45) is 0 Å². The molecule has 0 aliphatic rings. The van der Waals surface area contributed by atoms with Gasteiger partial charge in [0.25, 0.3) is 0 Å². The van der Waals surface area contributed by atoms with Gasteiger partial charge in [-0.05, 0) is 19.1 Å². The van der Waals surface area contributed by atoms with Crippen LogP contribution in [0.15, 0.2) is 29.9 Å². The second-order valence-corrected chi connectivity index (χ2v) is 4.15. The van der Waals surface area contributed by atoms with Crippen molar-refractivity contribution in [1.82, 2.24) is 9.55 Å². The van der Waals surface area contributed by atoms with Crippen molar-refractivity contribution < 1.29 is 9.53 Å². The molecule has 4 nitrogen and oxygen atoms in total. The summed E-state index contributed by atoms with van der Waals surface area (Å²) in [4.78, 5) is 15.8. The lowest BCUT2D eigenvalue weighted by Gasteiger charge is -2.06. The number of ether oxygens (including phenoxy) is 1. The Labute approximate surface area is 97.5 Å². The average Bonchev–Trinajstić information content (AvgIpc) is 2.90. The van der Waals surface area contributed by atoms with Crippen LogP contribution in [-0.2, 0) is 11.3 Å². The fraction of sp³-hybridized carbons (Fsp3) is 0.273. The van der Waals surface area contributed by atoms with Crippen LogP contribution in [0.5, 0.6) is 0 Å². The monoisotopic (exact) mass is 236 g/mol. The van der Waals surface area contributed by atoms with Crippen LogP contribution in [0, 0.1) is 0 Å². The van der Waals surface area contributed by atoms with Gasteiger partial charge in [-0.2, -0.15) is 0 Å². The summed E-state index contributed by atoms with van der Waals surface area (Å²) in [6.45, 7) is 2.80. The van der Waals surface area contributed by atoms with Crippen molar-refractivity contribution >= 4 is 17.3 Å². The summed E-state index contributed by atoms with van der Waals surface area (Å²) in [6.07, 6.45) is 3.61. The standard InChI is InChI=1S/C11H12N2O2S/c1-2-15-11(14)9-4-3-6-13(9)8-10-12-5-7-16-10/h3-7H,2,8H2,1H3. The first-order valence-electron chi connectivity index (χ1n) is 5.02. The summed E-state index contributed by atoms with van der Waals surface area (Å²) in [5, 5.41) is 2.89. The van der Waals surface area contributed by atoms with Crippen LogP contribution in [0.3, 0.4) is 0 Å². The fourth-order valence-electron chi connectivity index (χ4n) is 1.42. The zero-order valence-electron chi connectivity index (χ0n) is 8.92. The number of hydrogen-bond acceptors (Lipinski definition) is 4. The molecule has 2 aromatic heterocycles. The Bertz CT molecular complexity index is 462. The highest BCUT2D eigenvalue weighted by Crippen LogP contribution is 2.11. The van der Waals surface area contributed by atoms with Crippen LogP contribution in [0.1, 0.15) is 22.4 Å². The molecule has 0 aliphatic heterocycles. The molecule has 0 fully saturated rings. The van der Waals surface area contributed by atoms with Crippen molar-refractivity contribution in [3.05, 3.63) is 40.6 Å². The van der Waals surface area contributed by atoms with Gasteiger partial charge in [0, 0.05) is 17.8 Å². The SMILES string of the molecule is CCOC(=O)c1cccn1Cc1nccs1. The van der Waals surface area contributed by atoms with Crippen molar-refractivity contribution in [2.45, 2.75) is 13.5 Å². The van der Waals surface area contributed by atoms with Gasteiger partial charge in [0.2, 0.25) is 0 Å². The van der Waals surface area contributed by atoms with Gasteiger partial charge >= 0.3 is 5.97 Å². The smallest absolute Gasteiger partial charge is 0.354 e. The van der Waals surface area contributed by atoms with Crippen LogP contribution in [0.2, 0.25) is 0 Å². The number of nitrogens with zero attached hydrogens (tertiary/aromatic N) is 2. The van der Waals surface area contributed by atoms with E-state index in [1.807, 2.05) is 22.2 Å². The van der Waals surface area contributed by atoms with Crippen molar-refractivity contribution in [3.8, 4) is 0 Å². The minimum atomic E-state index is -0.288. The Morgan fingerprint density at radius 1 is 1.62 bits per heavy atom. The number of rotatable bonds is 4. The zero-order chi connectivity index (χ0) is 11.4. The van der Waals surface area contributed by atoms with E-state index in [0.717, 1.165) is 5.01 Å². The third-order valence-electron chi connectivity index (χ3n) is 2.10. The van der Waals surface area contributed by atoms with Crippen molar-refractivity contribution in [2.75, 3.05) is 6.61 Å². The molecule has 0 radical (unpaired) electrons. The largest absolute Gasteiger partial charge is 0.461 e. The van der Waals surface area contributed by atoms with Gasteiger partial charge in [-0.25, -0.2) is 9.78 Å². The van der Waals surface area contributed by atoms with E-state index in [0.29, 0.717) is 18.8 Å². The van der Waals surface area contributed by atoms with Crippen molar-refractivity contribution in [3.63, 3.8) is 0 Å². The molecular formula is C11H12N2O2S. The summed E-state index contributed by atoms with van der Waals surface area (Å²) < 4.78 is 6.81. The number of esters is 1. The minimum absolute atomic E-state index is 0.288. The molecule has 0 saturated carbocycles. The zero-order valence-corrected chi connectivity index (χ0v) is 9.74. The first kappa shape index (κ1) is 10.9. The Hall–Kier alpha value is -1.62. The number of aromatic nitrogens is 2. The lowest BCUT2D eigenvalue weighted by Crippen LogP contribution is -2.12. The molecule has 0 spiro atoms. The highest BCUT2D eigenvalue weighted by molar-refractivity contribution is 7.09. The quantitative estimate of drug-likeness (QED) is 0.764. The van der Waals surface area contributed by atoms with E-state index in [2.05, 4.69) is 4.98 Å². The number of carbonyl (C=O) groups is 1. The lowest BCUT2D eigenvalue weighted by atomic mass is 10.4. The summed E-state index contributed by atoms with van der Waals surface area (Å²) in [6, 6.07) is 3.59. The molecule has 0 atom stereocenters. The molecule has 0 aliphatic carbocycles. The summed E-state index contributed by atoms with van der Waals surface area (Å²) >= 11 is 1.57. The highest BCUT2D eigenvalue weighted by Gasteiger charge is 2.12. The molecule has 5 heteroatoms. The van der Waals surface area contributed by atoms with E-state index in [1.54, 1.807) is 30.5 Å². The van der Waals surface area contributed by atoms with E-state index in [-0.39, 0.29) is 5.97 Å². The van der Waals surface area contributed by atoms with Crippen LogP contribution in [0.25, 0.3) is 0 Å². The first-order chi connectivity index (χ1) is 7.81. The van der Waals surface area contributed by atoms with E-state index >= 15 is 0 Å². The normalized spacial score (nSPS) is 10.3. The first-order valence-corrected chi connectivity index (χ1v) is 5.90. The van der Waals surface area contributed by atoms with Crippen molar-refractivity contribution in [1.29, 1.82) is 0 Å². The van der Waals surface area contributed by atoms with E-state index in [4.69, 9.17) is 4.74 Å². The molecule has 2 heterocycles. The summed E-state index contributed by atoms with van der Waals surface area (Å²) in [7, 11) is 0. The maximum atomic E-state index is 11.6. The van der Waals surface area contributed by atoms with Gasteiger partial charge in [0.05, 0.1) is 13.2 Å². The Morgan fingerprint density at radius 3 is 3.19 bits per heavy atom. The summed E-state index contributed by atoms with van der Waals surface area (Å²) in [5.41, 5.74) is 0.567. The van der Waals surface area contributed by atoms with Crippen LogP contribution < -0.4 is 0 Å². The number of hydrogen-bond donors (Lipinski definition) is 0. The second-order valence-electron chi connectivity index (χ2n) is 3.17. The number of thiazole rings is 1. The molecule has 2 rings (SSSR count). The molecule has 0 aromatic carbocycles. The van der Waals surface area contributed by atoms with E-state index in [9.17, 15) is 4.79 Å². The van der Waals surface area contributed by atoms with Crippen LogP contribution >= 0.6 is 11.3 Å². The minimum Gasteiger partial charge on any atom is -0.461 e. The lowest BCUT2D eigenvalue weighted by molar-refractivity contribution is 0.0514. The van der Waals surface area contributed by atoms with Crippen LogP contribution in [0.4, 0.5) is 0 Å². The maximum Gasteiger partial charge on any atom is 0.354 e. The molecule has 2 aromatic rings. The van der Waals surface area contributed by atoms with Gasteiger partial charge in [-0.15, -0.1) is 11.3 Å². The topological polar surface area (TPSA) is 44.1 Å². The molecule has 0 amide bonds. The van der Waals surface area contributed by atoms with Crippen LogP contribution in [-0.4, -0.2) is 22.1 Å². The average molecular weight is 236 g/mol. The van der Waals surface area contributed by atoms with Gasteiger partial charge in [-0.1, -0.05) is 0 Å². The van der Waals surface area contributed by atoms with Gasteiger partial charge in [-0.3, -0.25) is 0 Å². The third kappa shape index (κ3) is 2.30. The summed E-state index contributed by atoms with van der Waals surface area (Å²) in [5.74, 6) is -0.288. The molecule has 84 valence electrons. The Kier molecular flexibility index (Phi) is 3.36. The van der Waals surface area contributed by atoms with Gasteiger partial charge in [0.15, 0.2) is 0 Å². The third-order valence-corrected chi connectivity index (χ3v) is 2.87. The van der Waals surface area contributed by atoms with E-state index < -0.39 is 0 Å². The second kappa shape index (κ2) is 4.94. The van der Waals surface area contributed by atoms with Gasteiger partial charge < -0.3 is 9.30 Å². The molecule has 0 bridgehead atoms. The fourth-order valence-corrected chi connectivity index (χ4v) is 2.03. The Morgan fingerprint density at radius 2 is 2.50 bits per heavy atom. The molecule has 0 saturated heterocycles. The van der Waals surface area contributed by atoms with Gasteiger partial charge in [0.1, 0.15) is 10.7 Å². The molecule has 0 unspecified atom stereocenters. The number of carbonyl (C=O) groups excluding carboxylic acids is 1. The highest BCUT2D eigenvalue weighted by atomic mass is 32.1. The predicted octanol–water partition coefficient (Wildman–Crippen LogP) is 2.17.